The number of hydrazone groups is 1. The van der Waals surface area contributed by atoms with Crippen molar-refractivity contribution in [2.75, 3.05) is 11.6 Å². The SMILES string of the molecule is CSc1ccc(C=NNC(=O)CCC(=O)Nc2ccc(Cl)cc2Cl)cc1. The second kappa shape index (κ2) is 10.2. The number of rotatable bonds is 7. The largest absolute Gasteiger partial charge is 0.325 e. The van der Waals surface area contributed by atoms with E-state index in [1.165, 1.54) is 6.07 Å². The third kappa shape index (κ3) is 6.71. The van der Waals surface area contributed by atoms with Crippen LogP contribution >= 0.6 is 35.0 Å². The van der Waals surface area contributed by atoms with Gasteiger partial charge in [0.05, 0.1) is 16.9 Å². The van der Waals surface area contributed by atoms with Gasteiger partial charge in [-0.25, -0.2) is 5.43 Å². The van der Waals surface area contributed by atoms with Crippen molar-refractivity contribution in [1.29, 1.82) is 0 Å². The maximum absolute atomic E-state index is 11.9. The van der Waals surface area contributed by atoms with Crippen molar-refractivity contribution in [3.05, 3.63) is 58.1 Å². The summed E-state index contributed by atoms with van der Waals surface area (Å²) in [5.74, 6) is -0.666. The Bertz CT molecular complexity index is 811. The van der Waals surface area contributed by atoms with Crippen LogP contribution in [0.3, 0.4) is 0 Å². The van der Waals surface area contributed by atoms with Gasteiger partial charge in [-0.3, -0.25) is 9.59 Å². The average Bonchev–Trinajstić information content (AvgIpc) is 2.63. The van der Waals surface area contributed by atoms with Gasteiger partial charge in [-0.1, -0.05) is 35.3 Å². The van der Waals surface area contributed by atoms with Crippen molar-refractivity contribution < 1.29 is 9.59 Å². The molecule has 2 aromatic carbocycles. The molecule has 8 heteroatoms. The first-order valence-electron chi connectivity index (χ1n) is 7.69. The molecular weight excluding hydrogens is 393 g/mol. The molecule has 0 aliphatic rings. The molecule has 2 amide bonds. The molecule has 136 valence electrons. The van der Waals surface area contributed by atoms with Crippen LogP contribution in [0.2, 0.25) is 10.0 Å². The van der Waals surface area contributed by atoms with E-state index >= 15 is 0 Å². The first-order valence-corrected chi connectivity index (χ1v) is 9.67. The third-order valence-electron chi connectivity index (χ3n) is 3.30. The van der Waals surface area contributed by atoms with Crippen LogP contribution in [0.25, 0.3) is 0 Å². The van der Waals surface area contributed by atoms with E-state index in [-0.39, 0.29) is 24.7 Å². The number of benzene rings is 2. The molecule has 2 rings (SSSR count). The smallest absolute Gasteiger partial charge is 0.240 e. The Kier molecular flexibility index (Phi) is 7.97. The zero-order valence-electron chi connectivity index (χ0n) is 14.0. The number of hydrogen-bond acceptors (Lipinski definition) is 4. The lowest BCUT2D eigenvalue weighted by atomic mass is 10.2. The lowest BCUT2D eigenvalue weighted by molar-refractivity contribution is -0.124. The second-order valence-electron chi connectivity index (χ2n) is 5.24. The fourth-order valence-corrected chi connectivity index (χ4v) is 2.82. The molecule has 0 saturated carbocycles. The van der Waals surface area contributed by atoms with Crippen molar-refractivity contribution in [3.8, 4) is 0 Å². The van der Waals surface area contributed by atoms with Gasteiger partial charge >= 0.3 is 0 Å². The van der Waals surface area contributed by atoms with E-state index in [0.29, 0.717) is 15.7 Å². The van der Waals surface area contributed by atoms with E-state index in [9.17, 15) is 9.59 Å². The van der Waals surface area contributed by atoms with E-state index in [4.69, 9.17) is 23.2 Å². The maximum Gasteiger partial charge on any atom is 0.240 e. The van der Waals surface area contributed by atoms with Gasteiger partial charge < -0.3 is 5.32 Å². The van der Waals surface area contributed by atoms with Gasteiger partial charge in [-0.05, 0) is 42.2 Å². The molecule has 26 heavy (non-hydrogen) atoms. The van der Waals surface area contributed by atoms with Crippen LogP contribution in [0.1, 0.15) is 18.4 Å². The average molecular weight is 410 g/mol. The van der Waals surface area contributed by atoms with Crippen LogP contribution in [0.5, 0.6) is 0 Å². The van der Waals surface area contributed by atoms with Crippen molar-refractivity contribution in [2.24, 2.45) is 5.10 Å². The summed E-state index contributed by atoms with van der Waals surface area (Å²) < 4.78 is 0. The summed E-state index contributed by atoms with van der Waals surface area (Å²) in [7, 11) is 0. The normalized spacial score (nSPS) is 10.7. The standard InChI is InChI=1S/C18H17Cl2N3O2S/c1-26-14-5-2-12(3-6-14)11-21-23-18(25)9-8-17(24)22-16-7-4-13(19)10-15(16)20/h2-7,10-11H,8-9H2,1H3,(H,22,24)(H,23,25). The Hall–Kier alpha value is -2.02. The number of nitrogens with zero attached hydrogens (tertiary/aromatic N) is 1. The number of anilines is 1. The summed E-state index contributed by atoms with van der Waals surface area (Å²) in [6.07, 6.45) is 3.58. The van der Waals surface area contributed by atoms with Crippen LogP contribution in [0.4, 0.5) is 5.69 Å². The number of hydrogen-bond donors (Lipinski definition) is 2. The zero-order chi connectivity index (χ0) is 18.9. The number of carbonyl (C=O) groups excluding carboxylic acids is 2. The van der Waals surface area contributed by atoms with Crippen LogP contribution in [-0.2, 0) is 9.59 Å². The molecule has 0 saturated heterocycles. The number of halogens is 2. The predicted octanol–water partition coefficient (Wildman–Crippen LogP) is 4.58. The number of amides is 2. The molecule has 0 spiro atoms. The second-order valence-corrected chi connectivity index (χ2v) is 6.96. The molecule has 0 fully saturated rings. The number of nitrogens with one attached hydrogen (secondary N) is 2. The predicted molar refractivity (Wildman–Crippen MR) is 108 cm³/mol. The van der Waals surface area contributed by atoms with Gasteiger partial charge in [0.25, 0.3) is 0 Å². The molecule has 2 aromatic rings. The molecule has 0 radical (unpaired) electrons. The summed E-state index contributed by atoms with van der Waals surface area (Å²) in [5, 5.41) is 7.34. The molecule has 0 unspecified atom stereocenters. The molecule has 0 aromatic heterocycles. The van der Waals surface area contributed by atoms with E-state index < -0.39 is 0 Å². The Morgan fingerprint density at radius 2 is 1.77 bits per heavy atom. The maximum atomic E-state index is 11.9. The first-order chi connectivity index (χ1) is 12.5. The highest BCUT2D eigenvalue weighted by molar-refractivity contribution is 7.98. The minimum Gasteiger partial charge on any atom is -0.325 e. The Morgan fingerprint density at radius 3 is 2.42 bits per heavy atom. The van der Waals surface area contributed by atoms with Crippen LogP contribution in [-0.4, -0.2) is 24.3 Å². The highest BCUT2D eigenvalue weighted by atomic mass is 35.5. The zero-order valence-corrected chi connectivity index (χ0v) is 16.3. The summed E-state index contributed by atoms with van der Waals surface area (Å²) in [6, 6.07) is 12.5. The molecule has 0 aliphatic carbocycles. The quantitative estimate of drug-likeness (QED) is 0.399. The highest BCUT2D eigenvalue weighted by Crippen LogP contribution is 2.25. The van der Waals surface area contributed by atoms with E-state index in [1.807, 2.05) is 30.5 Å². The van der Waals surface area contributed by atoms with Crippen LogP contribution in [0, 0.1) is 0 Å². The number of thioether (sulfide) groups is 1. The molecule has 5 nitrogen and oxygen atoms in total. The summed E-state index contributed by atoms with van der Waals surface area (Å²) in [5.41, 5.74) is 3.72. The highest BCUT2D eigenvalue weighted by Gasteiger charge is 2.09. The fraction of sp³-hybridized carbons (Fsp3) is 0.167. The van der Waals surface area contributed by atoms with Gasteiger partial charge in [-0.15, -0.1) is 11.8 Å². The van der Waals surface area contributed by atoms with Crippen molar-refractivity contribution in [3.63, 3.8) is 0 Å². The van der Waals surface area contributed by atoms with Crippen molar-refractivity contribution in [1.82, 2.24) is 5.43 Å². The summed E-state index contributed by atoms with van der Waals surface area (Å²) in [4.78, 5) is 24.8. The first kappa shape index (κ1) is 20.3. The Labute approximate surface area is 166 Å². The van der Waals surface area contributed by atoms with E-state index in [0.717, 1.165) is 10.5 Å². The van der Waals surface area contributed by atoms with Gasteiger partial charge in [0.2, 0.25) is 11.8 Å². The van der Waals surface area contributed by atoms with Gasteiger partial charge in [0.15, 0.2) is 0 Å². The molecule has 0 atom stereocenters. The topological polar surface area (TPSA) is 70.6 Å². The van der Waals surface area contributed by atoms with Gasteiger partial charge in [-0.2, -0.15) is 5.10 Å². The monoisotopic (exact) mass is 409 g/mol. The Morgan fingerprint density at radius 1 is 1.08 bits per heavy atom. The van der Waals surface area contributed by atoms with E-state index in [1.54, 1.807) is 30.1 Å². The molecule has 0 heterocycles. The lowest BCUT2D eigenvalue weighted by Crippen LogP contribution is -2.20. The number of carbonyl (C=O) groups is 2. The molecule has 2 N–H and O–H groups in total. The van der Waals surface area contributed by atoms with Crippen molar-refractivity contribution >= 4 is 58.7 Å². The van der Waals surface area contributed by atoms with Crippen molar-refractivity contribution in [2.45, 2.75) is 17.7 Å². The summed E-state index contributed by atoms with van der Waals surface area (Å²) in [6.45, 7) is 0. The Balaban J connectivity index is 1.75. The lowest BCUT2D eigenvalue weighted by Gasteiger charge is -2.07. The summed E-state index contributed by atoms with van der Waals surface area (Å²) >= 11 is 13.4. The van der Waals surface area contributed by atoms with Crippen LogP contribution < -0.4 is 10.7 Å². The van der Waals surface area contributed by atoms with Gasteiger partial charge in [0, 0.05) is 22.8 Å². The third-order valence-corrected chi connectivity index (χ3v) is 4.59. The van der Waals surface area contributed by atoms with Gasteiger partial charge in [0.1, 0.15) is 0 Å². The minimum atomic E-state index is -0.348. The minimum absolute atomic E-state index is 0.0137. The molecular formula is C18H17Cl2N3O2S. The molecule has 0 bridgehead atoms. The fourth-order valence-electron chi connectivity index (χ4n) is 1.96. The van der Waals surface area contributed by atoms with Crippen LogP contribution in [0.15, 0.2) is 52.5 Å². The van der Waals surface area contributed by atoms with E-state index in [2.05, 4.69) is 15.8 Å². The molecule has 0 aliphatic heterocycles.